The maximum Gasteiger partial charge on any atom is 0.319 e. The molecule has 0 N–H and O–H groups in total. The van der Waals surface area contributed by atoms with Gasteiger partial charge in [-0.1, -0.05) is 11.8 Å². The standard InChI is InChI=1S/C19H22N2O4S2/c22-17-15-12-5-1-2-6-13(12)26-16(15)20-19(27-14-7-9-25-18(14)23)21(17)10-11-4-3-8-24-11/h11,14H,1-10H2/t11-,14+/m1/s1. The van der Waals surface area contributed by atoms with Crippen molar-refractivity contribution in [2.75, 3.05) is 13.2 Å². The van der Waals surface area contributed by atoms with E-state index < -0.39 is 0 Å². The van der Waals surface area contributed by atoms with Gasteiger partial charge in [-0.3, -0.25) is 14.2 Å². The third kappa shape index (κ3) is 3.21. The quantitative estimate of drug-likeness (QED) is 0.574. The van der Waals surface area contributed by atoms with E-state index in [1.165, 1.54) is 28.6 Å². The summed E-state index contributed by atoms with van der Waals surface area (Å²) in [6, 6.07) is 0. The first-order valence-electron chi connectivity index (χ1n) is 9.70. The number of thioether (sulfide) groups is 1. The third-order valence-corrected chi connectivity index (χ3v) is 8.01. The fourth-order valence-electron chi connectivity index (χ4n) is 4.17. The molecule has 0 aromatic carbocycles. The van der Waals surface area contributed by atoms with Gasteiger partial charge in [-0.15, -0.1) is 11.3 Å². The molecule has 0 saturated carbocycles. The van der Waals surface area contributed by atoms with E-state index in [1.807, 2.05) is 0 Å². The van der Waals surface area contributed by atoms with Gasteiger partial charge < -0.3 is 9.47 Å². The van der Waals surface area contributed by atoms with E-state index in [9.17, 15) is 9.59 Å². The largest absolute Gasteiger partial charge is 0.465 e. The summed E-state index contributed by atoms with van der Waals surface area (Å²) in [6.45, 7) is 1.71. The third-order valence-electron chi connectivity index (χ3n) is 5.58. The Morgan fingerprint density at radius 2 is 2.04 bits per heavy atom. The molecule has 3 aliphatic rings. The minimum atomic E-state index is -0.278. The highest BCUT2D eigenvalue weighted by atomic mass is 32.2. The molecule has 1 aliphatic carbocycles. The van der Waals surface area contributed by atoms with E-state index in [0.29, 0.717) is 24.7 Å². The van der Waals surface area contributed by atoms with Crippen LogP contribution in [0.15, 0.2) is 9.95 Å². The molecule has 0 bridgehead atoms. The number of esters is 1. The number of carbonyl (C=O) groups is 1. The first-order valence-corrected chi connectivity index (χ1v) is 11.4. The Morgan fingerprint density at radius 1 is 1.15 bits per heavy atom. The normalized spacial score (nSPS) is 25.1. The molecular formula is C19H22N2O4S2. The van der Waals surface area contributed by atoms with Crippen molar-refractivity contribution in [2.45, 2.75) is 68.0 Å². The molecular weight excluding hydrogens is 384 g/mol. The van der Waals surface area contributed by atoms with E-state index in [4.69, 9.17) is 14.5 Å². The molecule has 4 heterocycles. The number of hydrogen-bond donors (Lipinski definition) is 0. The predicted octanol–water partition coefficient (Wildman–Crippen LogP) is 2.92. The van der Waals surface area contributed by atoms with E-state index in [-0.39, 0.29) is 22.9 Å². The van der Waals surface area contributed by atoms with Crippen LogP contribution in [0.2, 0.25) is 0 Å². The molecule has 2 aliphatic heterocycles. The van der Waals surface area contributed by atoms with Crippen molar-refractivity contribution in [1.82, 2.24) is 9.55 Å². The van der Waals surface area contributed by atoms with Gasteiger partial charge in [-0.25, -0.2) is 4.98 Å². The zero-order chi connectivity index (χ0) is 18.4. The zero-order valence-electron chi connectivity index (χ0n) is 15.1. The van der Waals surface area contributed by atoms with Crippen LogP contribution in [0, 0.1) is 0 Å². The Balaban J connectivity index is 1.61. The lowest BCUT2D eigenvalue weighted by atomic mass is 9.97. The monoisotopic (exact) mass is 406 g/mol. The van der Waals surface area contributed by atoms with Crippen LogP contribution in [0.1, 0.15) is 42.5 Å². The topological polar surface area (TPSA) is 70.4 Å². The van der Waals surface area contributed by atoms with E-state index in [2.05, 4.69) is 0 Å². The van der Waals surface area contributed by atoms with E-state index in [0.717, 1.165) is 48.9 Å². The summed E-state index contributed by atoms with van der Waals surface area (Å²) >= 11 is 3.03. The summed E-state index contributed by atoms with van der Waals surface area (Å²) < 4.78 is 12.6. The Hall–Kier alpha value is -1.38. The van der Waals surface area contributed by atoms with Crippen molar-refractivity contribution in [1.29, 1.82) is 0 Å². The average molecular weight is 407 g/mol. The number of aryl methyl sites for hydroxylation is 2. The van der Waals surface area contributed by atoms with Gasteiger partial charge in [0.05, 0.1) is 24.6 Å². The number of ether oxygens (including phenoxy) is 2. The predicted molar refractivity (Wildman–Crippen MR) is 105 cm³/mol. The lowest BCUT2D eigenvalue weighted by Gasteiger charge is -2.17. The second-order valence-corrected chi connectivity index (χ2v) is 9.65. The molecule has 0 spiro atoms. The smallest absolute Gasteiger partial charge is 0.319 e. The Morgan fingerprint density at radius 3 is 2.81 bits per heavy atom. The van der Waals surface area contributed by atoms with Gasteiger partial charge in [0.25, 0.3) is 5.56 Å². The molecule has 8 heteroatoms. The van der Waals surface area contributed by atoms with Gasteiger partial charge in [-0.2, -0.15) is 0 Å². The number of fused-ring (bicyclic) bond motifs is 3. The molecule has 2 fully saturated rings. The minimum Gasteiger partial charge on any atom is -0.465 e. The summed E-state index contributed by atoms with van der Waals surface area (Å²) in [5.41, 5.74) is 1.24. The summed E-state index contributed by atoms with van der Waals surface area (Å²) in [5, 5.41) is 1.15. The van der Waals surface area contributed by atoms with Gasteiger partial charge in [0, 0.05) is 17.9 Å². The Labute approximate surface area is 165 Å². The van der Waals surface area contributed by atoms with Crippen LogP contribution in [0.4, 0.5) is 0 Å². The number of thiophene rings is 1. The molecule has 6 nitrogen and oxygen atoms in total. The van der Waals surface area contributed by atoms with Crippen molar-refractivity contribution in [3.8, 4) is 0 Å². The van der Waals surface area contributed by atoms with Crippen LogP contribution in [0.3, 0.4) is 0 Å². The summed E-state index contributed by atoms with van der Waals surface area (Å²) in [6.07, 6.45) is 7.02. The van der Waals surface area contributed by atoms with Gasteiger partial charge in [0.15, 0.2) is 5.16 Å². The van der Waals surface area contributed by atoms with Crippen LogP contribution < -0.4 is 5.56 Å². The summed E-state index contributed by atoms with van der Waals surface area (Å²) in [5.74, 6) is -0.205. The van der Waals surface area contributed by atoms with Crippen molar-refractivity contribution in [2.24, 2.45) is 0 Å². The van der Waals surface area contributed by atoms with Gasteiger partial charge >= 0.3 is 5.97 Å². The number of cyclic esters (lactones) is 1. The number of rotatable bonds is 4. The molecule has 144 valence electrons. The SMILES string of the molecule is O=C1OCC[C@@H]1Sc1nc2sc3c(c2c(=O)n1C[C@H]1CCCO1)CCCC3. The van der Waals surface area contributed by atoms with E-state index in [1.54, 1.807) is 15.9 Å². The molecule has 2 saturated heterocycles. The van der Waals surface area contributed by atoms with Gasteiger partial charge in [0.2, 0.25) is 0 Å². The van der Waals surface area contributed by atoms with Crippen LogP contribution in [0.5, 0.6) is 0 Å². The first-order chi connectivity index (χ1) is 13.2. The van der Waals surface area contributed by atoms with Gasteiger partial charge in [0.1, 0.15) is 10.1 Å². The Bertz CT molecular complexity index is 945. The average Bonchev–Trinajstić information content (AvgIpc) is 3.39. The van der Waals surface area contributed by atoms with Crippen molar-refractivity contribution in [3.05, 3.63) is 20.8 Å². The minimum absolute atomic E-state index is 0.0313. The lowest BCUT2D eigenvalue weighted by Crippen LogP contribution is -2.29. The number of nitrogens with zero attached hydrogens (tertiary/aromatic N) is 2. The number of hydrogen-bond acceptors (Lipinski definition) is 7. The number of carbonyl (C=O) groups excluding carboxylic acids is 1. The zero-order valence-corrected chi connectivity index (χ0v) is 16.7. The molecule has 0 amide bonds. The fraction of sp³-hybridized carbons (Fsp3) is 0.632. The highest BCUT2D eigenvalue weighted by molar-refractivity contribution is 8.00. The van der Waals surface area contributed by atoms with Crippen LogP contribution in [-0.2, 0) is 33.7 Å². The Kier molecular flexibility index (Phi) is 4.73. The molecule has 2 atom stereocenters. The highest BCUT2D eigenvalue weighted by Gasteiger charge is 2.31. The van der Waals surface area contributed by atoms with Crippen molar-refractivity contribution >= 4 is 39.3 Å². The molecule has 0 unspecified atom stereocenters. The van der Waals surface area contributed by atoms with Crippen molar-refractivity contribution < 1.29 is 14.3 Å². The second-order valence-electron chi connectivity index (χ2n) is 7.40. The first kappa shape index (κ1) is 17.7. The highest BCUT2D eigenvalue weighted by Crippen LogP contribution is 2.36. The summed E-state index contributed by atoms with van der Waals surface area (Å²) in [4.78, 5) is 32.4. The molecule has 27 heavy (non-hydrogen) atoms. The van der Waals surface area contributed by atoms with Gasteiger partial charge in [-0.05, 0) is 44.1 Å². The second kappa shape index (κ2) is 7.22. The molecule has 5 rings (SSSR count). The molecule has 2 aromatic heterocycles. The van der Waals surface area contributed by atoms with Crippen LogP contribution in [0.25, 0.3) is 10.2 Å². The van der Waals surface area contributed by atoms with Crippen LogP contribution in [-0.4, -0.2) is 40.1 Å². The fourth-order valence-corrected chi connectivity index (χ4v) is 6.55. The number of aromatic nitrogens is 2. The van der Waals surface area contributed by atoms with Crippen LogP contribution >= 0.6 is 23.1 Å². The lowest BCUT2D eigenvalue weighted by molar-refractivity contribution is -0.137. The maximum atomic E-state index is 13.5. The van der Waals surface area contributed by atoms with E-state index >= 15 is 0 Å². The maximum absolute atomic E-state index is 13.5. The summed E-state index contributed by atoms with van der Waals surface area (Å²) in [7, 11) is 0. The molecule has 0 radical (unpaired) electrons. The van der Waals surface area contributed by atoms with Crippen molar-refractivity contribution in [3.63, 3.8) is 0 Å². The molecule has 2 aromatic rings.